The first-order valence-corrected chi connectivity index (χ1v) is 7.79. The summed E-state index contributed by atoms with van der Waals surface area (Å²) in [6.07, 6.45) is 0.920. The lowest BCUT2D eigenvalue weighted by molar-refractivity contribution is 0.0958. The first-order chi connectivity index (χ1) is 9.60. The zero-order valence-corrected chi connectivity index (χ0v) is 12.9. The Labute approximate surface area is 123 Å². The van der Waals surface area contributed by atoms with Crippen molar-refractivity contribution in [1.29, 1.82) is 0 Å². The molecule has 0 bridgehead atoms. The summed E-state index contributed by atoms with van der Waals surface area (Å²) in [6, 6.07) is 1.84. The molecule has 4 N–H and O–H groups in total. The molecule has 112 valence electrons. The Morgan fingerprint density at radius 1 is 1.40 bits per heavy atom. The van der Waals surface area contributed by atoms with E-state index in [1.807, 2.05) is 13.0 Å². The Bertz CT molecular complexity index is 454. The van der Waals surface area contributed by atoms with E-state index >= 15 is 0 Å². The molecule has 1 saturated heterocycles. The number of carbonyl (C=O) groups excluding carboxylic acids is 1. The SMILES string of the molecule is CCCNC(=O)c1sc(NN2CCN(C)CC2)cc1N. The van der Waals surface area contributed by atoms with Gasteiger partial charge in [-0.1, -0.05) is 6.92 Å². The van der Waals surface area contributed by atoms with Crippen LogP contribution in [-0.4, -0.2) is 55.6 Å². The first kappa shape index (κ1) is 15.1. The van der Waals surface area contributed by atoms with E-state index in [4.69, 9.17) is 5.73 Å². The van der Waals surface area contributed by atoms with Crippen LogP contribution >= 0.6 is 11.3 Å². The van der Waals surface area contributed by atoms with Crippen LogP contribution in [0.5, 0.6) is 0 Å². The van der Waals surface area contributed by atoms with Gasteiger partial charge in [0.1, 0.15) is 9.88 Å². The number of hydrazine groups is 1. The van der Waals surface area contributed by atoms with Crippen LogP contribution in [0.3, 0.4) is 0 Å². The van der Waals surface area contributed by atoms with Gasteiger partial charge in [0.05, 0.1) is 5.69 Å². The molecule has 2 rings (SSSR count). The summed E-state index contributed by atoms with van der Waals surface area (Å²) in [5.41, 5.74) is 9.80. The van der Waals surface area contributed by atoms with Crippen molar-refractivity contribution in [1.82, 2.24) is 15.2 Å². The number of amides is 1. The van der Waals surface area contributed by atoms with Crippen molar-refractivity contribution in [3.8, 4) is 0 Å². The molecule has 1 aromatic heterocycles. The Balaban J connectivity index is 1.94. The minimum absolute atomic E-state index is 0.0826. The van der Waals surface area contributed by atoms with E-state index in [1.54, 1.807) is 0 Å². The topological polar surface area (TPSA) is 73.6 Å². The molecule has 6 nitrogen and oxygen atoms in total. The fourth-order valence-electron chi connectivity index (χ4n) is 2.03. The maximum Gasteiger partial charge on any atom is 0.263 e. The molecule has 0 aromatic carbocycles. The van der Waals surface area contributed by atoms with E-state index in [1.165, 1.54) is 11.3 Å². The molecular formula is C13H23N5OS. The second kappa shape index (κ2) is 6.92. The highest BCUT2D eigenvalue weighted by Crippen LogP contribution is 2.29. The molecule has 0 atom stereocenters. The quantitative estimate of drug-likeness (QED) is 0.757. The van der Waals surface area contributed by atoms with Crippen LogP contribution in [0.4, 0.5) is 10.7 Å². The van der Waals surface area contributed by atoms with E-state index in [9.17, 15) is 4.79 Å². The normalized spacial score (nSPS) is 17.1. The van der Waals surface area contributed by atoms with Crippen LogP contribution in [0.2, 0.25) is 0 Å². The molecule has 0 radical (unpaired) electrons. The monoisotopic (exact) mass is 297 g/mol. The summed E-state index contributed by atoms with van der Waals surface area (Å²) in [6.45, 7) is 6.71. The number of thiophene rings is 1. The second-order valence-corrected chi connectivity index (χ2v) is 6.11. The van der Waals surface area contributed by atoms with Gasteiger partial charge in [-0.15, -0.1) is 11.3 Å². The van der Waals surface area contributed by atoms with Crippen molar-refractivity contribution in [3.63, 3.8) is 0 Å². The molecular weight excluding hydrogens is 274 g/mol. The van der Waals surface area contributed by atoms with E-state index in [0.717, 1.165) is 37.6 Å². The Kier molecular flexibility index (Phi) is 5.22. The third-order valence-corrected chi connectivity index (χ3v) is 4.33. The zero-order valence-electron chi connectivity index (χ0n) is 12.1. The van der Waals surface area contributed by atoms with Crippen molar-refractivity contribution in [2.45, 2.75) is 13.3 Å². The van der Waals surface area contributed by atoms with Crippen LogP contribution in [0, 0.1) is 0 Å². The van der Waals surface area contributed by atoms with Gasteiger partial charge in [-0.3, -0.25) is 4.79 Å². The third-order valence-electron chi connectivity index (χ3n) is 3.27. The number of hydrogen-bond acceptors (Lipinski definition) is 6. The average Bonchev–Trinajstić information content (AvgIpc) is 2.79. The van der Waals surface area contributed by atoms with E-state index in [0.29, 0.717) is 17.1 Å². The lowest BCUT2D eigenvalue weighted by atomic mass is 10.3. The van der Waals surface area contributed by atoms with Gasteiger partial charge in [-0.2, -0.15) is 0 Å². The number of hydrogen-bond donors (Lipinski definition) is 3. The van der Waals surface area contributed by atoms with Crippen LogP contribution < -0.4 is 16.5 Å². The number of nitrogens with zero attached hydrogens (tertiary/aromatic N) is 2. The molecule has 1 amide bonds. The van der Waals surface area contributed by atoms with Gasteiger partial charge < -0.3 is 21.4 Å². The number of nitrogen functional groups attached to an aromatic ring is 1. The molecule has 1 aromatic rings. The van der Waals surface area contributed by atoms with Gasteiger partial charge in [0.2, 0.25) is 0 Å². The summed E-state index contributed by atoms with van der Waals surface area (Å²) in [5.74, 6) is -0.0826. The summed E-state index contributed by atoms with van der Waals surface area (Å²) >= 11 is 1.41. The minimum atomic E-state index is -0.0826. The summed E-state index contributed by atoms with van der Waals surface area (Å²) in [7, 11) is 2.12. The summed E-state index contributed by atoms with van der Waals surface area (Å²) in [5, 5.41) is 5.95. The number of nitrogens with two attached hydrogens (primary N) is 1. The van der Waals surface area contributed by atoms with Crippen LogP contribution in [-0.2, 0) is 0 Å². The van der Waals surface area contributed by atoms with Crippen molar-refractivity contribution >= 4 is 27.9 Å². The van der Waals surface area contributed by atoms with Gasteiger partial charge in [0.25, 0.3) is 5.91 Å². The molecule has 1 aliphatic heterocycles. The van der Waals surface area contributed by atoms with E-state index < -0.39 is 0 Å². The molecule has 7 heteroatoms. The van der Waals surface area contributed by atoms with Crippen LogP contribution in [0.15, 0.2) is 6.07 Å². The fourth-order valence-corrected chi connectivity index (χ4v) is 2.95. The standard InChI is InChI=1S/C13H23N5OS/c1-3-4-15-13(19)12-10(14)9-11(20-12)16-18-7-5-17(2)6-8-18/h9,16H,3-8,14H2,1-2H3,(H,15,19). The lowest BCUT2D eigenvalue weighted by Crippen LogP contribution is -2.46. The van der Waals surface area contributed by atoms with E-state index in [-0.39, 0.29) is 5.91 Å². The lowest BCUT2D eigenvalue weighted by Gasteiger charge is -2.32. The highest BCUT2D eigenvalue weighted by Gasteiger charge is 2.17. The smallest absolute Gasteiger partial charge is 0.263 e. The maximum absolute atomic E-state index is 11.9. The number of rotatable bonds is 5. The van der Waals surface area contributed by atoms with Gasteiger partial charge >= 0.3 is 0 Å². The largest absolute Gasteiger partial charge is 0.397 e. The van der Waals surface area contributed by atoms with Gasteiger partial charge in [-0.05, 0) is 19.5 Å². The summed E-state index contributed by atoms with van der Waals surface area (Å²) in [4.78, 5) is 14.8. The number of nitrogens with one attached hydrogen (secondary N) is 2. The first-order valence-electron chi connectivity index (χ1n) is 6.97. The average molecular weight is 297 g/mol. The zero-order chi connectivity index (χ0) is 14.5. The van der Waals surface area contributed by atoms with Gasteiger partial charge in [0.15, 0.2) is 0 Å². The molecule has 20 heavy (non-hydrogen) atoms. The van der Waals surface area contributed by atoms with Crippen molar-refractivity contribution < 1.29 is 4.79 Å². The number of carbonyl (C=O) groups is 1. The molecule has 2 heterocycles. The van der Waals surface area contributed by atoms with Crippen molar-refractivity contribution in [2.75, 3.05) is 50.9 Å². The molecule has 1 fully saturated rings. The Morgan fingerprint density at radius 2 is 2.10 bits per heavy atom. The second-order valence-electron chi connectivity index (χ2n) is 5.05. The van der Waals surface area contributed by atoms with Gasteiger partial charge in [-0.25, -0.2) is 5.01 Å². The Hall–Kier alpha value is -1.31. The predicted molar refractivity (Wildman–Crippen MR) is 84.0 cm³/mol. The van der Waals surface area contributed by atoms with Gasteiger partial charge in [0, 0.05) is 32.7 Å². The highest BCUT2D eigenvalue weighted by molar-refractivity contribution is 7.18. The minimum Gasteiger partial charge on any atom is -0.397 e. The van der Waals surface area contributed by atoms with Crippen LogP contribution in [0.25, 0.3) is 0 Å². The fraction of sp³-hybridized carbons (Fsp3) is 0.615. The molecule has 0 aliphatic carbocycles. The Morgan fingerprint density at radius 3 is 2.75 bits per heavy atom. The molecule has 1 aliphatic rings. The molecule has 0 unspecified atom stereocenters. The number of likely N-dealkylation sites (N-methyl/N-ethyl adjacent to an activating group) is 1. The predicted octanol–water partition coefficient (Wildman–Crippen LogP) is 1.04. The third kappa shape index (κ3) is 3.84. The number of anilines is 2. The van der Waals surface area contributed by atoms with E-state index in [2.05, 4.69) is 27.7 Å². The maximum atomic E-state index is 11.9. The van der Waals surface area contributed by atoms with Crippen molar-refractivity contribution in [3.05, 3.63) is 10.9 Å². The molecule has 0 saturated carbocycles. The van der Waals surface area contributed by atoms with Crippen LogP contribution in [0.1, 0.15) is 23.0 Å². The summed E-state index contributed by atoms with van der Waals surface area (Å²) < 4.78 is 0. The van der Waals surface area contributed by atoms with Crippen molar-refractivity contribution in [2.24, 2.45) is 0 Å². The molecule has 0 spiro atoms. The number of piperazine rings is 1. The highest BCUT2D eigenvalue weighted by atomic mass is 32.1.